The molecule has 0 radical (unpaired) electrons. The van der Waals surface area contributed by atoms with Crippen molar-refractivity contribution < 1.29 is 38.1 Å². The van der Waals surface area contributed by atoms with Crippen molar-refractivity contribution in [3.05, 3.63) is 0 Å². The maximum Gasteiger partial charge on any atom is 0.410 e. The smallest absolute Gasteiger partial charge is 0.410 e. The van der Waals surface area contributed by atoms with E-state index in [-0.39, 0.29) is 34.9 Å². The fourth-order valence-electron chi connectivity index (χ4n) is 4.22. The lowest BCUT2D eigenvalue weighted by atomic mass is 9.94. The zero-order valence-electron chi connectivity index (χ0n) is 25.0. The van der Waals surface area contributed by atoms with Crippen LogP contribution in [0, 0.1) is 11.8 Å². The van der Waals surface area contributed by atoms with Crippen LogP contribution in [-0.2, 0) is 28.5 Å². The van der Waals surface area contributed by atoms with Gasteiger partial charge in [-0.15, -0.1) is 0 Å². The van der Waals surface area contributed by atoms with E-state index >= 15 is 0 Å². The monoisotopic (exact) mass is 620 g/mol. The standard InChI is InChI=1S/C14H24BrNO4.C14H25NO4/c1-5-19-12(17)11(15)10-6-8-16(9-7-10)13(18)20-14(2,3)4;1-5-18-12(16)10-11-6-8-15(9-7-11)13(17)19-14(2,3)4/h10-11H,5-9H2,1-4H3;11H,5-10H2,1-4H3. The number of halogens is 1. The first-order valence-electron chi connectivity index (χ1n) is 14.0. The van der Waals surface area contributed by atoms with E-state index in [1.54, 1.807) is 16.7 Å². The molecule has 2 amide bonds. The van der Waals surface area contributed by atoms with Crippen molar-refractivity contribution in [3.8, 4) is 0 Å². The van der Waals surface area contributed by atoms with Crippen LogP contribution < -0.4 is 0 Å². The van der Waals surface area contributed by atoms with Crippen LogP contribution in [0.1, 0.15) is 87.5 Å². The van der Waals surface area contributed by atoms with E-state index in [4.69, 9.17) is 18.9 Å². The van der Waals surface area contributed by atoms with Gasteiger partial charge in [-0.25, -0.2) is 9.59 Å². The Kier molecular flexibility index (Phi) is 14.6. The van der Waals surface area contributed by atoms with Gasteiger partial charge >= 0.3 is 24.1 Å². The molecule has 2 aliphatic heterocycles. The highest BCUT2D eigenvalue weighted by Crippen LogP contribution is 2.27. The summed E-state index contributed by atoms with van der Waals surface area (Å²) in [7, 11) is 0. The second-order valence-electron chi connectivity index (χ2n) is 11.9. The van der Waals surface area contributed by atoms with Crippen LogP contribution in [0.4, 0.5) is 9.59 Å². The highest BCUT2D eigenvalue weighted by Gasteiger charge is 2.33. The minimum Gasteiger partial charge on any atom is -0.466 e. The van der Waals surface area contributed by atoms with Gasteiger partial charge in [-0.1, -0.05) is 15.9 Å². The number of esters is 2. The molecule has 2 rings (SSSR count). The van der Waals surface area contributed by atoms with Crippen molar-refractivity contribution in [3.63, 3.8) is 0 Å². The second-order valence-corrected chi connectivity index (χ2v) is 12.9. The van der Waals surface area contributed by atoms with Gasteiger partial charge in [0.25, 0.3) is 0 Å². The van der Waals surface area contributed by atoms with Crippen LogP contribution in [-0.4, -0.2) is 89.3 Å². The zero-order valence-corrected chi connectivity index (χ0v) is 26.6. The van der Waals surface area contributed by atoms with Gasteiger partial charge in [0, 0.05) is 32.6 Å². The highest BCUT2D eigenvalue weighted by atomic mass is 79.9. The Labute approximate surface area is 242 Å². The first-order chi connectivity index (χ1) is 18.1. The number of carbonyl (C=O) groups is 4. The van der Waals surface area contributed by atoms with Crippen LogP contribution in [0.2, 0.25) is 0 Å². The number of piperidine rings is 2. The van der Waals surface area contributed by atoms with Gasteiger partial charge in [-0.05, 0) is 92.9 Å². The lowest BCUT2D eigenvalue weighted by Crippen LogP contribution is -2.44. The number of hydrogen-bond donors (Lipinski definition) is 0. The maximum absolute atomic E-state index is 11.9. The highest BCUT2D eigenvalue weighted by molar-refractivity contribution is 9.10. The number of alkyl halides is 1. The van der Waals surface area contributed by atoms with Crippen molar-refractivity contribution in [2.45, 2.75) is 104 Å². The quantitative estimate of drug-likeness (QED) is 0.216. The number of nitrogens with zero attached hydrogens (tertiary/aromatic N) is 2. The van der Waals surface area contributed by atoms with Gasteiger partial charge < -0.3 is 28.7 Å². The minimum absolute atomic E-state index is 0.141. The van der Waals surface area contributed by atoms with Crippen molar-refractivity contribution in [2.24, 2.45) is 11.8 Å². The fourth-order valence-corrected chi connectivity index (χ4v) is 4.88. The summed E-state index contributed by atoms with van der Waals surface area (Å²) in [5.74, 6) is 0.159. The van der Waals surface area contributed by atoms with E-state index in [1.807, 2.05) is 48.5 Å². The SMILES string of the molecule is CCOC(=O)C(Br)C1CCN(C(=O)OC(C)(C)C)CC1.CCOC(=O)CC1CCN(C(=O)OC(C)(C)C)CC1. The number of hydrogen-bond acceptors (Lipinski definition) is 8. The third kappa shape index (κ3) is 14.2. The van der Waals surface area contributed by atoms with Crippen LogP contribution in [0.5, 0.6) is 0 Å². The average Bonchev–Trinajstić information content (AvgIpc) is 2.82. The number of rotatable bonds is 6. The molecule has 0 bridgehead atoms. The topological polar surface area (TPSA) is 112 Å². The van der Waals surface area contributed by atoms with Gasteiger partial charge in [0.15, 0.2) is 0 Å². The summed E-state index contributed by atoms with van der Waals surface area (Å²) >= 11 is 3.40. The van der Waals surface area contributed by atoms with Crippen LogP contribution in [0.15, 0.2) is 0 Å². The summed E-state index contributed by atoms with van der Waals surface area (Å²) < 4.78 is 20.6. The average molecular weight is 622 g/mol. The summed E-state index contributed by atoms with van der Waals surface area (Å²) in [5.41, 5.74) is -0.935. The molecule has 0 N–H and O–H groups in total. The fraction of sp³-hybridized carbons (Fsp3) is 0.857. The van der Waals surface area contributed by atoms with Gasteiger partial charge in [0.1, 0.15) is 16.0 Å². The molecule has 10 nitrogen and oxygen atoms in total. The van der Waals surface area contributed by atoms with Gasteiger partial charge in [0.2, 0.25) is 0 Å². The molecule has 39 heavy (non-hydrogen) atoms. The predicted molar refractivity (Wildman–Crippen MR) is 152 cm³/mol. The number of likely N-dealkylation sites (tertiary alicyclic amines) is 2. The van der Waals surface area contributed by atoms with Crippen molar-refractivity contribution in [2.75, 3.05) is 39.4 Å². The van der Waals surface area contributed by atoms with Crippen molar-refractivity contribution >= 4 is 40.1 Å². The summed E-state index contributed by atoms with van der Waals surface area (Å²) in [6.45, 7) is 18.1. The summed E-state index contributed by atoms with van der Waals surface area (Å²) in [6, 6.07) is 0. The third-order valence-electron chi connectivity index (χ3n) is 6.14. The van der Waals surface area contributed by atoms with Crippen molar-refractivity contribution in [1.82, 2.24) is 9.80 Å². The normalized spacial score (nSPS) is 17.9. The Hall–Kier alpha value is -2.04. The van der Waals surface area contributed by atoms with Gasteiger partial charge in [-0.2, -0.15) is 0 Å². The lowest BCUT2D eigenvalue weighted by molar-refractivity contribution is -0.145. The number of carbonyl (C=O) groups excluding carboxylic acids is 4. The van der Waals surface area contributed by atoms with E-state index in [0.29, 0.717) is 51.7 Å². The first-order valence-corrected chi connectivity index (χ1v) is 14.9. The molecular formula is C28H49BrN2O8. The summed E-state index contributed by atoms with van der Waals surface area (Å²) in [6.07, 6.45) is 3.12. The second kappa shape index (κ2) is 16.3. The molecule has 0 aromatic rings. The van der Waals surface area contributed by atoms with E-state index in [1.165, 1.54) is 0 Å². The Morgan fingerprint density at radius 1 is 0.744 bits per heavy atom. The predicted octanol–water partition coefficient (Wildman–Crippen LogP) is 5.55. The molecule has 1 unspecified atom stereocenters. The molecule has 0 saturated carbocycles. The molecule has 0 aromatic carbocycles. The van der Waals surface area contributed by atoms with Crippen LogP contribution in [0.3, 0.4) is 0 Å². The molecule has 226 valence electrons. The summed E-state index contributed by atoms with van der Waals surface area (Å²) in [5, 5.41) is 0. The Bertz CT molecular complexity index is 792. The number of ether oxygens (including phenoxy) is 4. The zero-order chi connectivity index (χ0) is 29.8. The molecule has 0 spiro atoms. The molecule has 2 heterocycles. The molecule has 2 fully saturated rings. The van der Waals surface area contributed by atoms with Gasteiger partial charge in [-0.3, -0.25) is 9.59 Å². The Morgan fingerprint density at radius 3 is 1.54 bits per heavy atom. The molecule has 11 heteroatoms. The molecule has 2 saturated heterocycles. The molecule has 0 aromatic heterocycles. The lowest BCUT2D eigenvalue weighted by Gasteiger charge is -2.34. The Balaban J connectivity index is 0.000000391. The molecular weight excluding hydrogens is 572 g/mol. The maximum atomic E-state index is 11.9. The van der Waals surface area contributed by atoms with Crippen LogP contribution >= 0.6 is 15.9 Å². The van der Waals surface area contributed by atoms with Gasteiger partial charge in [0.05, 0.1) is 13.2 Å². The van der Waals surface area contributed by atoms with E-state index in [0.717, 1.165) is 25.7 Å². The molecule has 2 aliphatic rings. The Morgan fingerprint density at radius 2 is 1.15 bits per heavy atom. The third-order valence-corrected chi connectivity index (χ3v) is 7.27. The van der Waals surface area contributed by atoms with Crippen LogP contribution in [0.25, 0.3) is 0 Å². The largest absolute Gasteiger partial charge is 0.466 e. The molecule has 0 aliphatic carbocycles. The summed E-state index contributed by atoms with van der Waals surface area (Å²) in [4.78, 5) is 50.0. The van der Waals surface area contributed by atoms with E-state index in [9.17, 15) is 19.2 Å². The number of amides is 2. The van der Waals surface area contributed by atoms with Crippen molar-refractivity contribution in [1.29, 1.82) is 0 Å². The molecule has 1 atom stereocenters. The first kappa shape index (κ1) is 35.0. The minimum atomic E-state index is -0.475. The van der Waals surface area contributed by atoms with E-state index < -0.39 is 11.2 Å². The van der Waals surface area contributed by atoms with E-state index in [2.05, 4.69) is 15.9 Å².